The van der Waals surface area contributed by atoms with Crippen molar-refractivity contribution in [3.05, 3.63) is 93.9 Å². The summed E-state index contributed by atoms with van der Waals surface area (Å²) < 4.78 is 15.8. The van der Waals surface area contributed by atoms with Crippen molar-refractivity contribution in [1.29, 1.82) is 5.26 Å². The number of rotatable bonds is 5. The molecule has 4 rings (SSSR count). The quantitative estimate of drug-likeness (QED) is 0.157. The van der Waals surface area contributed by atoms with Gasteiger partial charge in [0.2, 0.25) is 0 Å². The van der Waals surface area contributed by atoms with Crippen LogP contribution in [0.25, 0.3) is 27.8 Å². The Morgan fingerprint density at radius 3 is 2.61 bits per heavy atom. The lowest BCUT2D eigenvalue weighted by molar-refractivity contribution is -0.139. The van der Waals surface area contributed by atoms with E-state index in [1.54, 1.807) is 37.4 Å². The molecule has 4 aromatic rings. The van der Waals surface area contributed by atoms with Gasteiger partial charge in [0.25, 0.3) is 0 Å². The molecule has 0 spiro atoms. The van der Waals surface area contributed by atoms with Gasteiger partial charge in [0.1, 0.15) is 29.6 Å². The minimum Gasteiger partial charge on any atom is -0.497 e. The molecular formula is C25H17NO5. The molecule has 3 aromatic carbocycles. The summed E-state index contributed by atoms with van der Waals surface area (Å²) in [7, 11) is 1.56. The van der Waals surface area contributed by atoms with Crippen LogP contribution in [-0.4, -0.2) is 13.1 Å². The SMILES string of the molecule is COc1ccc(/C=C(\C#N)C(=O)OCc2cc(=O)oc3ccc4ccccc4c23)cc1. The van der Waals surface area contributed by atoms with Crippen LogP contribution in [0.1, 0.15) is 11.1 Å². The van der Waals surface area contributed by atoms with Crippen molar-refractivity contribution in [2.24, 2.45) is 0 Å². The molecule has 152 valence electrons. The molecule has 0 N–H and O–H groups in total. The van der Waals surface area contributed by atoms with Crippen molar-refractivity contribution in [3.63, 3.8) is 0 Å². The second-order valence-electron chi connectivity index (χ2n) is 6.77. The van der Waals surface area contributed by atoms with E-state index in [2.05, 4.69) is 0 Å². The maximum absolute atomic E-state index is 12.5. The van der Waals surface area contributed by atoms with Crippen LogP contribution < -0.4 is 10.4 Å². The van der Waals surface area contributed by atoms with Gasteiger partial charge in [-0.1, -0.05) is 42.5 Å². The molecule has 0 bridgehead atoms. The van der Waals surface area contributed by atoms with Gasteiger partial charge in [-0.2, -0.15) is 5.26 Å². The van der Waals surface area contributed by atoms with E-state index in [4.69, 9.17) is 13.9 Å². The van der Waals surface area contributed by atoms with Gasteiger partial charge in [-0.25, -0.2) is 9.59 Å². The predicted molar refractivity (Wildman–Crippen MR) is 116 cm³/mol. The van der Waals surface area contributed by atoms with Crippen LogP contribution in [0.5, 0.6) is 5.75 Å². The smallest absolute Gasteiger partial charge is 0.349 e. The molecule has 0 radical (unpaired) electrons. The number of ether oxygens (including phenoxy) is 2. The Hall–Kier alpha value is -4.37. The number of hydrogen-bond acceptors (Lipinski definition) is 6. The van der Waals surface area contributed by atoms with Gasteiger partial charge in [-0.05, 0) is 40.6 Å². The zero-order valence-corrected chi connectivity index (χ0v) is 16.6. The van der Waals surface area contributed by atoms with Crippen molar-refractivity contribution in [3.8, 4) is 11.8 Å². The molecule has 1 heterocycles. The number of fused-ring (bicyclic) bond motifs is 3. The predicted octanol–water partition coefficient (Wildman–Crippen LogP) is 4.61. The summed E-state index contributed by atoms with van der Waals surface area (Å²) in [5, 5.41) is 11.9. The number of carbonyl (C=O) groups excluding carboxylic acids is 1. The Morgan fingerprint density at radius 2 is 1.87 bits per heavy atom. The summed E-state index contributed by atoms with van der Waals surface area (Å²) in [5.41, 5.74) is 0.890. The molecule has 0 unspecified atom stereocenters. The normalized spacial score (nSPS) is 11.3. The number of benzene rings is 3. The summed E-state index contributed by atoms with van der Waals surface area (Å²) in [4.78, 5) is 24.5. The lowest BCUT2D eigenvalue weighted by Gasteiger charge is -2.09. The van der Waals surface area contributed by atoms with E-state index < -0.39 is 11.6 Å². The van der Waals surface area contributed by atoms with Crippen molar-refractivity contribution >= 4 is 33.8 Å². The van der Waals surface area contributed by atoms with Gasteiger partial charge in [0, 0.05) is 17.0 Å². The molecule has 0 aliphatic heterocycles. The zero-order chi connectivity index (χ0) is 21.8. The van der Waals surface area contributed by atoms with Gasteiger partial charge in [-0.15, -0.1) is 0 Å². The first-order chi connectivity index (χ1) is 15.1. The maximum atomic E-state index is 12.5. The summed E-state index contributed by atoms with van der Waals surface area (Å²) in [6, 6.07) is 21.3. The van der Waals surface area contributed by atoms with E-state index in [9.17, 15) is 14.9 Å². The Morgan fingerprint density at radius 1 is 1.10 bits per heavy atom. The number of methoxy groups -OCH3 is 1. The van der Waals surface area contributed by atoms with Crippen LogP contribution in [0.4, 0.5) is 0 Å². The number of esters is 1. The van der Waals surface area contributed by atoms with Crippen LogP contribution in [0, 0.1) is 11.3 Å². The molecule has 0 saturated carbocycles. The first-order valence-electron chi connectivity index (χ1n) is 9.46. The molecule has 31 heavy (non-hydrogen) atoms. The largest absolute Gasteiger partial charge is 0.497 e. The lowest BCUT2D eigenvalue weighted by Crippen LogP contribution is -2.09. The molecule has 6 nitrogen and oxygen atoms in total. The van der Waals surface area contributed by atoms with E-state index in [1.165, 1.54) is 12.1 Å². The maximum Gasteiger partial charge on any atom is 0.349 e. The monoisotopic (exact) mass is 411 g/mol. The Kier molecular flexibility index (Phi) is 5.50. The molecule has 6 heteroatoms. The number of hydrogen-bond donors (Lipinski definition) is 0. The highest BCUT2D eigenvalue weighted by molar-refractivity contribution is 6.07. The van der Waals surface area contributed by atoms with Gasteiger partial charge < -0.3 is 13.9 Å². The summed E-state index contributed by atoms with van der Waals surface area (Å²) in [6.45, 7) is -0.170. The van der Waals surface area contributed by atoms with Gasteiger partial charge >= 0.3 is 11.6 Å². The van der Waals surface area contributed by atoms with Crippen LogP contribution in [0.3, 0.4) is 0 Å². The first-order valence-corrected chi connectivity index (χ1v) is 9.46. The van der Waals surface area contributed by atoms with Crippen molar-refractivity contribution < 1.29 is 18.7 Å². The fourth-order valence-electron chi connectivity index (χ4n) is 3.36. The molecule has 0 aliphatic carbocycles. The average Bonchev–Trinajstić information content (AvgIpc) is 2.80. The van der Waals surface area contributed by atoms with E-state index in [0.717, 1.165) is 10.8 Å². The third-order valence-corrected chi connectivity index (χ3v) is 4.84. The van der Waals surface area contributed by atoms with Gasteiger partial charge in [-0.3, -0.25) is 0 Å². The fraction of sp³-hybridized carbons (Fsp3) is 0.0800. The number of carbonyl (C=O) groups is 1. The van der Waals surface area contributed by atoms with Crippen LogP contribution in [-0.2, 0) is 16.1 Å². The van der Waals surface area contributed by atoms with Crippen molar-refractivity contribution in [2.45, 2.75) is 6.61 Å². The third-order valence-electron chi connectivity index (χ3n) is 4.84. The van der Waals surface area contributed by atoms with E-state index >= 15 is 0 Å². The van der Waals surface area contributed by atoms with Crippen LogP contribution in [0.2, 0.25) is 0 Å². The Balaban J connectivity index is 1.64. The Bertz CT molecular complexity index is 1410. The molecule has 0 aliphatic rings. The minimum atomic E-state index is -0.778. The first kappa shape index (κ1) is 19.9. The molecule has 0 atom stereocenters. The molecular weight excluding hydrogens is 394 g/mol. The molecule has 0 fully saturated rings. The number of nitriles is 1. The third kappa shape index (κ3) is 4.16. The van der Waals surface area contributed by atoms with E-state index in [0.29, 0.717) is 27.8 Å². The zero-order valence-electron chi connectivity index (χ0n) is 16.6. The van der Waals surface area contributed by atoms with Crippen molar-refractivity contribution in [1.82, 2.24) is 0 Å². The highest BCUT2D eigenvalue weighted by atomic mass is 16.5. The standard InChI is InChI=1S/C25H17NO5/c1-29-20-9-6-16(7-10-20)12-18(14-26)25(28)30-15-19-13-23(27)31-22-11-8-17-4-2-3-5-21(17)24(19)22/h2-13H,15H2,1H3/b18-12+. The van der Waals surface area contributed by atoms with Gasteiger partial charge in [0.15, 0.2) is 0 Å². The average molecular weight is 411 g/mol. The van der Waals surface area contributed by atoms with Crippen molar-refractivity contribution in [2.75, 3.05) is 7.11 Å². The second-order valence-corrected chi connectivity index (χ2v) is 6.77. The highest BCUT2D eigenvalue weighted by Gasteiger charge is 2.15. The lowest BCUT2D eigenvalue weighted by atomic mass is 10.0. The summed E-state index contributed by atoms with van der Waals surface area (Å²) in [5.74, 6) is -0.111. The second kappa shape index (κ2) is 8.56. The highest BCUT2D eigenvalue weighted by Crippen LogP contribution is 2.28. The van der Waals surface area contributed by atoms with E-state index in [1.807, 2.05) is 36.4 Å². The Labute approximate surface area is 177 Å². The van der Waals surface area contributed by atoms with Gasteiger partial charge in [0.05, 0.1) is 7.11 Å². The molecule has 1 aromatic heterocycles. The molecule has 0 amide bonds. The van der Waals surface area contributed by atoms with E-state index in [-0.39, 0.29) is 12.2 Å². The summed E-state index contributed by atoms with van der Waals surface area (Å²) in [6.07, 6.45) is 1.44. The molecule has 0 saturated heterocycles. The fourth-order valence-corrected chi connectivity index (χ4v) is 3.36. The summed E-state index contributed by atoms with van der Waals surface area (Å²) >= 11 is 0. The number of nitrogens with zero attached hydrogens (tertiary/aromatic N) is 1. The minimum absolute atomic E-state index is 0.151. The van der Waals surface area contributed by atoms with Crippen LogP contribution in [0.15, 0.2) is 81.5 Å². The van der Waals surface area contributed by atoms with Crippen LogP contribution >= 0.6 is 0 Å². The topological polar surface area (TPSA) is 89.5 Å².